The lowest BCUT2D eigenvalue weighted by Gasteiger charge is -1.97. The Bertz CT molecular complexity index is 116. The van der Waals surface area contributed by atoms with Gasteiger partial charge in [-0.25, -0.2) is 0 Å². The zero-order valence-corrected chi connectivity index (χ0v) is 5.55. The number of allylic oxidation sites excluding steroid dienone is 2. The molecule has 0 aromatic carbocycles. The van der Waals surface area contributed by atoms with Gasteiger partial charge in [0.2, 0.25) is 0 Å². The van der Waals surface area contributed by atoms with E-state index in [1.807, 2.05) is 6.08 Å². The fourth-order valence-corrected chi connectivity index (χ4v) is 1.12. The van der Waals surface area contributed by atoms with Crippen LogP contribution in [0, 0.1) is 5.92 Å². The predicted octanol–water partition coefficient (Wildman–Crippen LogP) is 1.93. The molecule has 1 aliphatic carbocycles. The Hall–Kier alpha value is -0.590. The third-order valence-electron chi connectivity index (χ3n) is 1.72. The van der Waals surface area contributed by atoms with Gasteiger partial charge in [0.1, 0.15) is 6.29 Å². The molecule has 0 saturated heterocycles. The maximum atomic E-state index is 10.3. The van der Waals surface area contributed by atoms with Crippen molar-refractivity contribution in [3.05, 3.63) is 12.2 Å². The van der Waals surface area contributed by atoms with Crippen LogP contribution in [0.25, 0.3) is 0 Å². The Kier molecular flexibility index (Phi) is 2.49. The fraction of sp³-hybridized carbons (Fsp3) is 0.625. The van der Waals surface area contributed by atoms with Crippen molar-refractivity contribution in [3.63, 3.8) is 0 Å². The van der Waals surface area contributed by atoms with Gasteiger partial charge in [-0.2, -0.15) is 0 Å². The summed E-state index contributed by atoms with van der Waals surface area (Å²) in [4.78, 5) is 10.3. The van der Waals surface area contributed by atoms with E-state index in [4.69, 9.17) is 0 Å². The Morgan fingerprint density at radius 3 is 3.11 bits per heavy atom. The van der Waals surface area contributed by atoms with Crippen molar-refractivity contribution in [1.29, 1.82) is 0 Å². The molecule has 0 spiro atoms. The number of rotatable bonds is 1. The van der Waals surface area contributed by atoms with Gasteiger partial charge in [0.05, 0.1) is 0 Å². The molecule has 1 heteroatoms. The molecule has 0 fully saturated rings. The quantitative estimate of drug-likeness (QED) is 0.385. The molecular formula is C8H12O. The molecule has 0 bridgehead atoms. The number of hydrogen-bond acceptors (Lipinski definition) is 1. The van der Waals surface area contributed by atoms with E-state index < -0.39 is 0 Å². The summed E-state index contributed by atoms with van der Waals surface area (Å²) in [6.07, 6.45) is 9.86. The van der Waals surface area contributed by atoms with Crippen LogP contribution in [0.15, 0.2) is 12.2 Å². The minimum absolute atomic E-state index is 0.215. The molecular weight excluding hydrogens is 112 g/mol. The van der Waals surface area contributed by atoms with E-state index in [1.54, 1.807) is 0 Å². The normalized spacial score (nSPS) is 27.3. The van der Waals surface area contributed by atoms with Crippen molar-refractivity contribution >= 4 is 6.29 Å². The minimum atomic E-state index is 0.215. The summed E-state index contributed by atoms with van der Waals surface area (Å²) < 4.78 is 0. The SMILES string of the molecule is O=CC1C=CCCCC1. The standard InChI is InChI=1S/C8H12O/c9-7-8-5-3-1-2-4-6-8/h3,5,7-8H,1-2,4,6H2. The maximum Gasteiger partial charge on any atom is 0.126 e. The summed E-state index contributed by atoms with van der Waals surface area (Å²) in [5.74, 6) is 0.215. The molecule has 1 atom stereocenters. The van der Waals surface area contributed by atoms with E-state index in [-0.39, 0.29) is 5.92 Å². The van der Waals surface area contributed by atoms with Crippen LogP contribution in [0.3, 0.4) is 0 Å². The highest BCUT2D eigenvalue weighted by Crippen LogP contribution is 2.14. The predicted molar refractivity (Wildman–Crippen MR) is 37.2 cm³/mol. The van der Waals surface area contributed by atoms with E-state index >= 15 is 0 Å². The lowest BCUT2D eigenvalue weighted by molar-refractivity contribution is -0.110. The van der Waals surface area contributed by atoms with Crippen LogP contribution >= 0.6 is 0 Å². The highest BCUT2D eigenvalue weighted by atomic mass is 16.1. The lowest BCUT2D eigenvalue weighted by Crippen LogP contribution is -1.94. The van der Waals surface area contributed by atoms with E-state index in [0.29, 0.717) is 0 Å². The average Bonchev–Trinajstić information content (AvgIpc) is 2.13. The van der Waals surface area contributed by atoms with Crippen LogP contribution in [0.1, 0.15) is 25.7 Å². The molecule has 1 aliphatic rings. The Balaban J connectivity index is 2.41. The highest BCUT2D eigenvalue weighted by molar-refractivity contribution is 5.56. The van der Waals surface area contributed by atoms with Crippen LogP contribution in [0.2, 0.25) is 0 Å². The van der Waals surface area contributed by atoms with E-state index in [0.717, 1.165) is 19.1 Å². The number of carbonyl (C=O) groups is 1. The fourth-order valence-electron chi connectivity index (χ4n) is 1.12. The summed E-state index contributed by atoms with van der Waals surface area (Å²) in [6.45, 7) is 0. The molecule has 0 aromatic heterocycles. The van der Waals surface area contributed by atoms with Gasteiger partial charge in [-0.05, 0) is 19.3 Å². The molecule has 0 aromatic rings. The first-order valence-electron chi connectivity index (χ1n) is 3.55. The van der Waals surface area contributed by atoms with E-state index in [1.165, 1.54) is 12.8 Å². The molecule has 50 valence electrons. The summed E-state index contributed by atoms with van der Waals surface area (Å²) in [7, 11) is 0. The second-order valence-corrected chi connectivity index (χ2v) is 2.51. The van der Waals surface area contributed by atoms with Crippen molar-refractivity contribution in [3.8, 4) is 0 Å². The van der Waals surface area contributed by atoms with Crippen LogP contribution in [-0.4, -0.2) is 6.29 Å². The smallest absolute Gasteiger partial charge is 0.126 e. The third kappa shape index (κ3) is 2.00. The van der Waals surface area contributed by atoms with Gasteiger partial charge in [0, 0.05) is 5.92 Å². The Morgan fingerprint density at radius 1 is 1.44 bits per heavy atom. The van der Waals surface area contributed by atoms with Crippen molar-refractivity contribution < 1.29 is 4.79 Å². The number of aldehydes is 1. The molecule has 1 rings (SSSR count). The molecule has 1 nitrogen and oxygen atoms in total. The van der Waals surface area contributed by atoms with E-state index in [2.05, 4.69) is 6.08 Å². The first-order valence-corrected chi connectivity index (χ1v) is 3.55. The van der Waals surface area contributed by atoms with Crippen molar-refractivity contribution in [1.82, 2.24) is 0 Å². The van der Waals surface area contributed by atoms with Crippen molar-refractivity contribution in [2.75, 3.05) is 0 Å². The number of carbonyl (C=O) groups excluding carboxylic acids is 1. The molecule has 0 heterocycles. The van der Waals surface area contributed by atoms with Gasteiger partial charge in [-0.15, -0.1) is 0 Å². The zero-order valence-electron chi connectivity index (χ0n) is 5.55. The summed E-state index contributed by atoms with van der Waals surface area (Å²) in [5, 5.41) is 0. The second kappa shape index (κ2) is 3.44. The van der Waals surface area contributed by atoms with Gasteiger partial charge in [-0.1, -0.05) is 18.6 Å². The highest BCUT2D eigenvalue weighted by Gasteiger charge is 2.03. The molecule has 0 amide bonds. The molecule has 0 N–H and O–H groups in total. The van der Waals surface area contributed by atoms with Crippen LogP contribution in [-0.2, 0) is 4.79 Å². The first kappa shape index (κ1) is 6.53. The van der Waals surface area contributed by atoms with Crippen LogP contribution in [0.5, 0.6) is 0 Å². The summed E-state index contributed by atoms with van der Waals surface area (Å²) >= 11 is 0. The molecule has 0 saturated carbocycles. The minimum Gasteiger partial charge on any atom is -0.303 e. The third-order valence-corrected chi connectivity index (χ3v) is 1.72. The topological polar surface area (TPSA) is 17.1 Å². The van der Waals surface area contributed by atoms with Crippen molar-refractivity contribution in [2.45, 2.75) is 25.7 Å². The summed E-state index contributed by atoms with van der Waals surface area (Å²) in [6, 6.07) is 0. The lowest BCUT2D eigenvalue weighted by atomic mass is 10.1. The Labute approximate surface area is 55.8 Å². The van der Waals surface area contributed by atoms with Gasteiger partial charge in [0.25, 0.3) is 0 Å². The first-order chi connectivity index (χ1) is 4.43. The molecule has 0 aliphatic heterocycles. The zero-order chi connectivity index (χ0) is 6.53. The average molecular weight is 124 g/mol. The van der Waals surface area contributed by atoms with Crippen LogP contribution < -0.4 is 0 Å². The van der Waals surface area contributed by atoms with E-state index in [9.17, 15) is 4.79 Å². The van der Waals surface area contributed by atoms with Gasteiger partial charge >= 0.3 is 0 Å². The Morgan fingerprint density at radius 2 is 2.33 bits per heavy atom. The molecule has 9 heavy (non-hydrogen) atoms. The molecule has 1 unspecified atom stereocenters. The number of hydrogen-bond donors (Lipinski definition) is 0. The summed E-state index contributed by atoms with van der Waals surface area (Å²) in [5.41, 5.74) is 0. The van der Waals surface area contributed by atoms with Gasteiger partial charge in [0.15, 0.2) is 0 Å². The monoisotopic (exact) mass is 124 g/mol. The van der Waals surface area contributed by atoms with Crippen molar-refractivity contribution in [2.24, 2.45) is 5.92 Å². The second-order valence-electron chi connectivity index (χ2n) is 2.51. The molecule has 0 radical (unpaired) electrons. The van der Waals surface area contributed by atoms with Gasteiger partial charge < -0.3 is 4.79 Å². The van der Waals surface area contributed by atoms with Gasteiger partial charge in [-0.3, -0.25) is 0 Å². The van der Waals surface area contributed by atoms with Crippen LogP contribution in [0.4, 0.5) is 0 Å². The maximum absolute atomic E-state index is 10.3. The largest absolute Gasteiger partial charge is 0.303 e.